The Morgan fingerprint density at radius 1 is 1.33 bits per heavy atom. The van der Waals surface area contributed by atoms with Crippen molar-refractivity contribution >= 4 is 17.6 Å². The molecule has 0 bridgehead atoms. The van der Waals surface area contributed by atoms with Gasteiger partial charge in [-0.1, -0.05) is 26.0 Å². The minimum atomic E-state index is -1.48. The number of anilines is 1. The zero-order chi connectivity index (χ0) is 11.4. The van der Waals surface area contributed by atoms with Crippen molar-refractivity contribution in [2.24, 2.45) is 0 Å². The van der Waals surface area contributed by atoms with Crippen LogP contribution in [-0.4, -0.2) is 17.0 Å². The van der Waals surface area contributed by atoms with Crippen molar-refractivity contribution in [3.05, 3.63) is 29.8 Å². The highest BCUT2D eigenvalue weighted by molar-refractivity contribution is 6.36. The maximum absolute atomic E-state index is 10.9. The molecule has 4 heteroatoms. The van der Waals surface area contributed by atoms with Crippen LogP contribution >= 0.6 is 0 Å². The minimum Gasteiger partial charge on any atom is -0.474 e. The molecule has 0 heterocycles. The molecule has 1 aromatic rings. The molecule has 15 heavy (non-hydrogen) atoms. The van der Waals surface area contributed by atoms with E-state index in [-0.39, 0.29) is 0 Å². The second kappa shape index (κ2) is 4.59. The van der Waals surface area contributed by atoms with E-state index in [9.17, 15) is 9.59 Å². The average Bonchev–Trinajstić information content (AvgIpc) is 2.18. The van der Waals surface area contributed by atoms with E-state index in [1.807, 2.05) is 19.9 Å². The van der Waals surface area contributed by atoms with Crippen LogP contribution in [0.3, 0.4) is 0 Å². The van der Waals surface area contributed by atoms with Crippen LogP contribution in [0.1, 0.15) is 25.3 Å². The Balaban J connectivity index is 2.82. The van der Waals surface area contributed by atoms with Gasteiger partial charge >= 0.3 is 11.9 Å². The monoisotopic (exact) mass is 207 g/mol. The van der Waals surface area contributed by atoms with Crippen LogP contribution in [0.15, 0.2) is 24.3 Å². The number of hydrogen-bond donors (Lipinski definition) is 2. The van der Waals surface area contributed by atoms with Gasteiger partial charge in [0.1, 0.15) is 0 Å². The van der Waals surface area contributed by atoms with Crippen molar-refractivity contribution in [1.29, 1.82) is 0 Å². The van der Waals surface area contributed by atoms with Gasteiger partial charge in [-0.15, -0.1) is 0 Å². The Morgan fingerprint density at radius 2 is 2.00 bits per heavy atom. The molecule has 0 spiro atoms. The fourth-order valence-corrected chi connectivity index (χ4v) is 1.16. The normalized spacial score (nSPS) is 10.1. The molecule has 80 valence electrons. The lowest BCUT2D eigenvalue weighted by molar-refractivity contribution is -0.147. The first-order chi connectivity index (χ1) is 7.00. The molecule has 0 saturated carbocycles. The molecule has 0 saturated heterocycles. The fraction of sp³-hybridized carbons (Fsp3) is 0.273. The van der Waals surface area contributed by atoms with E-state index >= 15 is 0 Å². The molecule has 1 amide bonds. The molecule has 0 aliphatic heterocycles. The number of aliphatic carboxylic acids is 1. The maximum atomic E-state index is 10.9. The molecule has 1 aromatic carbocycles. The number of nitrogens with one attached hydrogen (secondary N) is 1. The highest BCUT2D eigenvalue weighted by Gasteiger charge is 2.11. The van der Waals surface area contributed by atoms with E-state index in [1.165, 1.54) is 0 Å². The zero-order valence-corrected chi connectivity index (χ0v) is 8.65. The first-order valence-corrected chi connectivity index (χ1v) is 4.65. The van der Waals surface area contributed by atoms with Crippen LogP contribution in [0.2, 0.25) is 0 Å². The zero-order valence-electron chi connectivity index (χ0n) is 8.65. The largest absolute Gasteiger partial charge is 0.474 e. The predicted octanol–water partition coefficient (Wildman–Crippen LogP) is 1.83. The van der Waals surface area contributed by atoms with Gasteiger partial charge in [-0.25, -0.2) is 4.79 Å². The van der Waals surface area contributed by atoms with Gasteiger partial charge in [0.25, 0.3) is 0 Å². The van der Waals surface area contributed by atoms with Gasteiger partial charge in [0, 0.05) is 5.69 Å². The molecule has 0 aromatic heterocycles. The molecular formula is C11H13NO3. The summed E-state index contributed by atoms with van der Waals surface area (Å²) in [5, 5.41) is 10.7. The molecule has 4 nitrogen and oxygen atoms in total. The van der Waals surface area contributed by atoms with Gasteiger partial charge in [-0.2, -0.15) is 0 Å². The summed E-state index contributed by atoms with van der Waals surface area (Å²) in [6.45, 7) is 4.05. The van der Waals surface area contributed by atoms with Crippen LogP contribution in [-0.2, 0) is 9.59 Å². The Morgan fingerprint density at radius 3 is 2.53 bits per heavy atom. The van der Waals surface area contributed by atoms with E-state index in [1.54, 1.807) is 18.2 Å². The van der Waals surface area contributed by atoms with Crippen molar-refractivity contribution in [3.8, 4) is 0 Å². The summed E-state index contributed by atoms with van der Waals surface area (Å²) in [5.74, 6) is -2.16. The molecule has 0 fully saturated rings. The molecule has 0 unspecified atom stereocenters. The summed E-state index contributed by atoms with van der Waals surface area (Å²) in [7, 11) is 0. The van der Waals surface area contributed by atoms with Crippen molar-refractivity contribution < 1.29 is 14.7 Å². The van der Waals surface area contributed by atoms with Crippen molar-refractivity contribution in [3.63, 3.8) is 0 Å². The molecule has 0 atom stereocenters. The number of carboxylic acids is 1. The van der Waals surface area contributed by atoms with Gasteiger partial charge in [0.2, 0.25) is 0 Å². The summed E-state index contributed by atoms with van der Waals surface area (Å²) in [4.78, 5) is 21.2. The number of benzene rings is 1. The smallest absolute Gasteiger partial charge is 0.394 e. The average molecular weight is 207 g/mol. The molecule has 0 aliphatic rings. The number of rotatable bonds is 2. The first kappa shape index (κ1) is 11.2. The highest BCUT2D eigenvalue weighted by Crippen LogP contribution is 2.18. The van der Waals surface area contributed by atoms with E-state index in [0.717, 1.165) is 5.56 Å². The molecule has 0 radical (unpaired) electrons. The standard InChI is InChI=1S/C11H13NO3/c1-7(2)8-4-3-5-9(6-8)12-10(13)11(14)15/h3-7H,1-2H3,(H,12,13)(H,14,15). The number of carboxylic acid groups (broad SMARTS) is 1. The van der Waals surface area contributed by atoms with Gasteiger partial charge in [-0.05, 0) is 23.6 Å². The van der Waals surface area contributed by atoms with E-state index < -0.39 is 11.9 Å². The van der Waals surface area contributed by atoms with Crippen molar-refractivity contribution in [2.75, 3.05) is 5.32 Å². The van der Waals surface area contributed by atoms with Crippen molar-refractivity contribution in [2.45, 2.75) is 19.8 Å². The molecule has 0 aliphatic carbocycles. The van der Waals surface area contributed by atoms with E-state index in [2.05, 4.69) is 5.32 Å². The molecular weight excluding hydrogens is 194 g/mol. The van der Waals surface area contributed by atoms with Crippen molar-refractivity contribution in [1.82, 2.24) is 0 Å². The Bertz CT molecular complexity index is 385. The molecule has 2 N–H and O–H groups in total. The lowest BCUT2D eigenvalue weighted by Gasteiger charge is -2.07. The minimum absolute atomic E-state index is 0.340. The predicted molar refractivity (Wildman–Crippen MR) is 56.8 cm³/mol. The second-order valence-electron chi connectivity index (χ2n) is 3.54. The number of amides is 1. The summed E-state index contributed by atoms with van der Waals surface area (Å²) in [6, 6.07) is 7.14. The summed E-state index contributed by atoms with van der Waals surface area (Å²) in [6.07, 6.45) is 0. The lowest BCUT2D eigenvalue weighted by Crippen LogP contribution is -2.21. The summed E-state index contributed by atoms with van der Waals surface area (Å²) < 4.78 is 0. The van der Waals surface area contributed by atoms with Gasteiger partial charge in [-0.3, -0.25) is 4.79 Å². The van der Waals surface area contributed by atoms with Crippen LogP contribution in [0.4, 0.5) is 5.69 Å². The maximum Gasteiger partial charge on any atom is 0.394 e. The number of carbonyl (C=O) groups is 2. The summed E-state index contributed by atoms with van der Waals surface area (Å²) >= 11 is 0. The lowest BCUT2D eigenvalue weighted by atomic mass is 10.0. The summed E-state index contributed by atoms with van der Waals surface area (Å²) in [5.41, 5.74) is 1.56. The van der Waals surface area contributed by atoms with Crippen LogP contribution in [0.5, 0.6) is 0 Å². The second-order valence-corrected chi connectivity index (χ2v) is 3.54. The van der Waals surface area contributed by atoms with E-state index in [0.29, 0.717) is 11.6 Å². The Hall–Kier alpha value is -1.84. The van der Waals surface area contributed by atoms with Crippen LogP contribution in [0, 0.1) is 0 Å². The van der Waals surface area contributed by atoms with Gasteiger partial charge < -0.3 is 10.4 Å². The quantitative estimate of drug-likeness (QED) is 0.727. The number of hydrogen-bond acceptors (Lipinski definition) is 2. The fourth-order valence-electron chi connectivity index (χ4n) is 1.16. The third-order valence-corrected chi connectivity index (χ3v) is 2.01. The van der Waals surface area contributed by atoms with Crippen LogP contribution < -0.4 is 5.32 Å². The number of carbonyl (C=O) groups excluding carboxylic acids is 1. The third kappa shape index (κ3) is 3.09. The Kier molecular flexibility index (Phi) is 3.44. The third-order valence-electron chi connectivity index (χ3n) is 2.01. The van der Waals surface area contributed by atoms with Gasteiger partial charge in [0.05, 0.1) is 0 Å². The highest BCUT2D eigenvalue weighted by atomic mass is 16.4. The first-order valence-electron chi connectivity index (χ1n) is 4.65. The Labute approximate surface area is 87.9 Å². The van der Waals surface area contributed by atoms with Gasteiger partial charge in [0.15, 0.2) is 0 Å². The topological polar surface area (TPSA) is 66.4 Å². The molecule has 1 rings (SSSR count). The van der Waals surface area contributed by atoms with E-state index in [4.69, 9.17) is 5.11 Å². The SMILES string of the molecule is CC(C)c1cccc(NC(=O)C(=O)O)c1. The van der Waals surface area contributed by atoms with Crippen LogP contribution in [0.25, 0.3) is 0 Å².